The summed E-state index contributed by atoms with van der Waals surface area (Å²) in [4.78, 5) is 25.2. The molecule has 0 aliphatic heterocycles. The number of fused-ring (bicyclic) bond motifs is 1. The second-order valence-electron chi connectivity index (χ2n) is 7.55. The molecule has 1 aromatic heterocycles. The van der Waals surface area contributed by atoms with Crippen molar-refractivity contribution < 1.29 is 17.9 Å². The average Bonchev–Trinajstić information content (AvgIpc) is 3.02. The fourth-order valence-corrected chi connectivity index (χ4v) is 5.86. The normalized spacial score (nSPS) is 12.7. The van der Waals surface area contributed by atoms with Gasteiger partial charge in [0.1, 0.15) is 11.8 Å². The van der Waals surface area contributed by atoms with Crippen molar-refractivity contribution in [1.29, 1.82) is 0 Å². The standard InChI is InChI=1S/C21H24ClN3O5S2/c1-12(2)24-16-8-7-15(11-19(16)31-21(24)27)23-20(26)13(3)25(32(5,28)29)17-10-14(22)6-9-18(17)30-4/h6-13H,1-5H3,(H,23,26). The summed E-state index contributed by atoms with van der Waals surface area (Å²) in [5.74, 6) is -0.284. The Morgan fingerprint density at radius 1 is 1.19 bits per heavy atom. The number of carbonyl (C=O) groups is 1. The lowest BCUT2D eigenvalue weighted by molar-refractivity contribution is -0.116. The summed E-state index contributed by atoms with van der Waals surface area (Å²) in [6.45, 7) is 5.33. The molecular formula is C21H24ClN3O5S2. The summed E-state index contributed by atoms with van der Waals surface area (Å²) in [5.41, 5.74) is 1.40. The quantitative estimate of drug-likeness (QED) is 0.530. The third kappa shape index (κ3) is 4.77. The zero-order valence-electron chi connectivity index (χ0n) is 18.2. The highest BCUT2D eigenvalue weighted by Gasteiger charge is 2.31. The summed E-state index contributed by atoms with van der Waals surface area (Å²) in [6, 6.07) is 8.60. The van der Waals surface area contributed by atoms with E-state index in [1.54, 1.807) is 28.8 Å². The van der Waals surface area contributed by atoms with Gasteiger partial charge < -0.3 is 10.1 Å². The van der Waals surface area contributed by atoms with Crippen molar-refractivity contribution in [3.05, 3.63) is 51.1 Å². The van der Waals surface area contributed by atoms with Gasteiger partial charge >= 0.3 is 4.87 Å². The maximum Gasteiger partial charge on any atom is 0.308 e. The maximum atomic E-state index is 13.0. The number of nitrogens with one attached hydrogen (secondary N) is 1. The maximum absolute atomic E-state index is 13.0. The molecule has 8 nitrogen and oxygen atoms in total. The summed E-state index contributed by atoms with van der Waals surface area (Å²) in [7, 11) is -2.45. The van der Waals surface area contributed by atoms with Crippen LogP contribution in [0.4, 0.5) is 11.4 Å². The van der Waals surface area contributed by atoms with E-state index >= 15 is 0 Å². The second-order valence-corrected chi connectivity index (χ2v) is 10.8. The van der Waals surface area contributed by atoms with Gasteiger partial charge in [-0.1, -0.05) is 22.9 Å². The van der Waals surface area contributed by atoms with E-state index in [4.69, 9.17) is 16.3 Å². The monoisotopic (exact) mass is 497 g/mol. The van der Waals surface area contributed by atoms with Crippen LogP contribution in [0.3, 0.4) is 0 Å². The Hall–Kier alpha value is -2.56. The average molecular weight is 498 g/mol. The van der Waals surface area contributed by atoms with Crippen LogP contribution in [-0.2, 0) is 14.8 Å². The first kappa shape index (κ1) is 24.1. The number of nitrogens with zero attached hydrogens (tertiary/aromatic N) is 2. The molecule has 0 saturated heterocycles. The Labute approximate surface area is 195 Å². The molecule has 0 bridgehead atoms. The molecule has 32 heavy (non-hydrogen) atoms. The van der Waals surface area contributed by atoms with E-state index in [1.165, 1.54) is 26.2 Å². The van der Waals surface area contributed by atoms with Crippen molar-refractivity contribution >= 4 is 60.5 Å². The molecule has 0 aliphatic carbocycles. The minimum absolute atomic E-state index is 0.00714. The Bertz CT molecular complexity index is 1330. The highest BCUT2D eigenvalue weighted by atomic mass is 35.5. The van der Waals surface area contributed by atoms with Crippen molar-refractivity contribution in [3.63, 3.8) is 0 Å². The molecule has 1 atom stereocenters. The SMILES string of the molecule is COc1ccc(Cl)cc1N(C(C)C(=O)Nc1ccc2c(c1)sc(=O)n2C(C)C)S(C)(=O)=O. The van der Waals surface area contributed by atoms with E-state index in [0.717, 1.165) is 32.1 Å². The molecule has 0 radical (unpaired) electrons. The lowest BCUT2D eigenvalue weighted by atomic mass is 10.2. The van der Waals surface area contributed by atoms with Crippen molar-refractivity contribution in [2.24, 2.45) is 0 Å². The third-order valence-electron chi connectivity index (χ3n) is 4.86. The van der Waals surface area contributed by atoms with Crippen molar-refractivity contribution in [3.8, 4) is 5.75 Å². The first-order valence-corrected chi connectivity index (χ1v) is 12.8. The fourth-order valence-electron chi connectivity index (χ4n) is 3.47. The van der Waals surface area contributed by atoms with Crippen LogP contribution in [0.15, 0.2) is 41.2 Å². The Balaban J connectivity index is 1.95. The van der Waals surface area contributed by atoms with Crippen LogP contribution in [0, 0.1) is 0 Å². The van der Waals surface area contributed by atoms with E-state index in [0.29, 0.717) is 10.7 Å². The summed E-state index contributed by atoms with van der Waals surface area (Å²) >= 11 is 7.16. The van der Waals surface area contributed by atoms with Gasteiger partial charge in [-0.05, 0) is 57.2 Å². The number of halogens is 1. The number of aromatic nitrogens is 1. The number of hydrogen-bond acceptors (Lipinski definition) is 6. The Morgan fingerprint density at radius 3 is 2.47 bits per heavy atom. The topological polar surface area (TPSA) is 97.7 Å². The van der Waals surface area contributed by atoms with Crippen LogP contribution < -0.4 is 19.2 Å². The molecule has 11 heteroatoms. The van der Waals surface area contributed by atoms with Crippen LogP contribution in [0.25, 0.3) is 10.2 Å². The minimum Gasteiger partial charge on any atom is -0.495 e. The minimum atomic E-state index is -3.86. The van der Waals surface area contributed by atoms with Crippen LogP contribution >= 0.6 is 22.9 Å². The smallest absolute Gasteiger partial charge is 0.308 e. The van der Waals surface area contributed by atoms with E-state index in [-0.39, 0.29) is 22.4 Å². The van der Waals surface area contributed by atoms with Gasteiger partial charge in [-0.2, -0.15) is 0 Å². The largest absolute Gasteiger partial charge is 0.495 e. The number of hydrogen-bond donors (Lipinski definition) is 1. The fraction of sp³-hybridized carbons (Fsp3) is 0.333. The van der Waals surface area contributed by atoms with Gasteiger partial charge in [-0.25, -0.2) is 8.42 Å². The number of benzene rings is 2. The van der Waals surface area contributed by atoms with Crippen LogP contribution in [0.5, 0.6) is 5.75 Å². The predicted octanol–water partition coefficient (Wildman–Crippen LogP) is 4.10. The molecule has 172 valence electrons. The zero-order chi connectivity index (χ0) is 23.8. The van der Waals surface area contributed by atoms with Crippen LogP contribution in [0.2, 0.25) is 5.02 Å². The number of anilines is 2. The van der Waals surface area contributed by atoms with E-state index < -0.39 is 22.0 Å². The highest BCUT2D eigenvalue weighted by molar-refractivity contribution is 7.92. The number of carbonyl (C=O) groups excluding carboxylic acids is 1. The molecule has 0 spiro atoms. The van der Waals surface area contributed by atoms with Gasteiger partial charge in [-0.3, -0.25) is 18.5 Å². The van der Waals surface area contributed by atoms with E-state index in [1.807, 2.05) is 13.8 Å². The molecule has 1 N–H and O–H groups in total. The molecule has 0 aliphatic rings. The van der Waals surface area contributed by atoms with Gasteiger partial charge in [-0.15, -0.1) is 0 Å². The van der Waals surface area contributed by atoms with Crippen LogP contribution in [0.1, 0.15) is 26.8 Å². The van der Waals surface area contributed by atoms with Gasteiger partial charge in [0.15, 0.2) is 0 Å². The summed E-state index contributed by atoms with van der Waals surface area (Å²) in [5, 5.41) is 3.05. The molecule has 1 amide bonds. The van der Waals surface area contributed by atoms with Crippen molar-refractivity contribution in [1.82, 2.24) is 4.57 Å². The number of thiazole rings is 1. The second kappa shape index (κ2) is 9.13. The third-order valence-corrected chi connectivity index (χ3v) is 7.24. The number of ether oxygens (including phenoxy) is 1. The van der Waals surface area contributed by atoms with Gasteiger partial charge in [0.25, 0.3) is 0 Å². The molecule has 1 heterocycles. The molecule has 0 fully saturated rings. The van der Waals surface area contributed by atoms with Gasteiger partial charge in [0.2, 0.25) is 15.9 Å². The lowest BCUT2D eigenvalue weighted by Crippen LogP contribution is -2.45. The number of methoxy groups -OCH3 is 1. The molecule has 3 aromatic rings. The lowest BCUT2D eigenvalue weighted by Gasteiger charge is -2.29. The number of rotatable bonds is 7. The zero-order valence-corrected chi connectivity index (χ0v) is 20.6. The number of sulfonamides is 1. The van der Waals surface area contributed by atoms with Crippen LogP contribution in [-0.4, -0.2) is 38.3 Å². The molecular weight excluding hydrogens is 474 g/mol. The summed E-state index contributed by atoms with van der Waals surface area (Å²) in [6.07, 6.45) is 1.01. The van der Waals surface area contributed by atoms with Crippen molar-refractivity contribution in [2.75, 3.05) is 23.0 Å². The Kier molecular flexibility index (Phi) is 6.87. The molecule has 0 saturated carbocycles. The molecule has 1 unspecified atom stereocenters. The van der Waals surface area contributed by atoms with Crippen molar-refractivity contribution in [2.45, 2.75) is 32.9 Å². The molecule has 2 aromatic carbocycles. The van der Waals surface area contributed by atoms with Gasteiger partial charge in [0, 0.05) is 16.8 Å². The first-order valence-electron chi connectivity index (χ1n) is 9.73. The van der Waals surface area contributed by atoms with Gasteiger partial charge in [0.05, 0.1) is 29.3 Å². The summed E-state index contributed by atoms with van der Waals surface area (Å²) < 4.78 is 33.9. The predicted molar refractivity (Wildman–Crippen MR) is 130 cm³/mol. The Morgan fingerprint density at radius 2 is 1.88 bits per heavy atom. The molecule has 3 rings (SSSR count). The van der Waals surface area contributed by atoms with E-state index in [2.05, 4.69) is 5.32 Å². The first-order chi connectivity index (χ1) is 14.9. The number of amides is 1. The van der Waals surface area contributed by atoms with E-state index in [9.17, 15) is 18.0 Å². The highest BCUT2D eigenvalue weighted by Crippen LogP contribution is 2.34.